The van der Waals surface area contributed by atoms with Gasteiger partial charge in [-0.2, -0.15) is 0 Å². The maximum absolute atomic E-state index is 13.0. The number of hydrogen-bond acceptors (Lipinski definition) is 3. The average Bonchev–Trinajstić information content (AvgIpc) is 2.85. The second-order valence-electron chi connectivity index (χ2n) is 6.08. The molecule has 1 aromatic rings. The molecule has 1 heterocycles. The Balaban J connectivity index is 1.85. The Bertz CT molecular complexity index is 450. The molecule has 0 spiro atoms. The minimum absolute atomic E-state index is 0.0280. The Hall–Kier alpha value is -1.13. The lowest BCUT2D eigenvalue weighted by Crippen LogP contribution is -2.31. The highest BCUT2D eigenvalue weighted by Crippen LogP contribution is 2.25. The van der Waals surface area contributed by atoms with Crippen molar-refractivity contribution in [2.75, 3.05) is 19.6 Å². The zero-order chi connectivity index (χ0) is 14.7. The van der Waals surface area contributed by atoms with Crippen LogP contribution in [0.1, 0.15) is 38.8 Å². The SMILES string of the molecule is CC(NCC1CCN(C(C)C)C1)c1ccc(F)cc1O. The first-order valence-electron chi connectivity index (χ1n) is 7.43. The van der Waals surface area contributed by atoms with Gasteiger partial charge in [0.2, 0.25) is 0 Å². The molecule has 20 heavy (non-hydrogen) atoms. The van der Waals surface area contributed by atoms with E-state index in [9.17, 15) is 9.50 Å². The van der Waals surface area contributed by atoms with E-state index in [4.69, 9.17) is 0 Å². The van der Waals surface area contributed by atoms with E-state index in [0.29, 0.717) is 12.0 Å². The van der Waals surface area contributed by atoms with Gasteiger partial charge in [0, 0.05) is 30.3 Å². The van der Waals surface area contributed by atoms with Crippen LogP contribution in [-0.4, -0.2) is 35.7 Å². The lowest BCUT2D eigenvalue weighted by Gasteiger charge is -2.21. The Labute approximate surface area is 120 Å². The molecule has 1 aliphatic rings. The molecule has 2 atom stereocenters. The van der Waals surface area contributed by atoms with E-state index in [1.165, 1.54) is 25.1 Å². The minimum Gasteiger partial charge on any atom is -0.508 e. The fourth-order valence-corrected chi connectivity index (χ4v) is 2.83. The molecule has 1 aromatic carbocycles. The molecule has 0 bridgehead atoms. The van der Waals surface area contributed by atoms with E-state index in [1.807, 2.05) is 6.92 Å². The summed E-state index contributed by atoms with van der Waals surface area (Å²) < 4.78 is 13.0. The molecule has 1 fully saturated rings. The number of phenolic OH excluding ortho intramolecular Hbond substituents is 1. The number of halogens is 1. The molecule has 2 unspecified atom stereocenters. The van der Waals surface area contributed by atoms with Gasteiger partial charge in [-0.1, -0.05) is 6.07 Å². The number of benzene rings is 1. The van der Waals surface area contributed by atoms with Crippen LogP contribution >= 0.6 is 0 Å². The number of phenols is 1. The minimum atomic E-state index is -0.401. The van der Waals surface area contributed by atoms with Crippen molar-refractivity contribution in [3.8, 4) is 5.75 Å². The summed E-state index contributed by atoms with van der Waals surface area (Å²) in [5.41, 5.74) is 0.755. The maximum Gasteiger partial charge on any atom is 0.126 e. The molecular weight excluding hydrogens is 255 g/mol. The highest BCUT2D eigenvalue weighted by molar-refractivity contribution is 5.34. The van der Waals surface area contributed by atoms with E-state index >= 15 is 0 Å². The third-order valence-corrected chi connectivity index (χ3v) is 4.22. The van der Waals surface area contributed by atoms with Crippen molar-refractivity contribution >= 4 is 0 Å². The molecule has 2 N–H and O–H groups in total. The number of likely N-dealkylation sites (tertiary alicyclic amines) is 1. The van der Waals surface area contributed by atoms with E-state index in [-0.39, 0.29) is 11.8 Å². The van der Waals surface area contributed by atoms with Crippen LogP contribution < -0.4 is 5.32 Å². The van der Waals surface area contributed by atoms with Gasteiger partial charge in [0.1, 0.15) is 11.6 Å². The van der Waals surface area contributed by atoms with Crippen molar-refractivity contribution in [2.24, 2.45) is 5.92 Å². The number of rotatable bonds is 5. The summed E-state index contributed by atoms with van der Waals surface area (Å²) >= 11 is 0. The van der Waals surface area contributed by atoms with Crippen LogP contribution in [0.5, 0.6) is 5.75 Å². The quantitative estimate of drug-likeness (QED) is 0.870. The second kappa shape index (κ2) is 6.55. The highest BCUT2D eigenvalue weighted by atomic mass is 19.1. The number of nitrogens with zero attached hydrogens (tertiary/aromatic N) is 1. The average molecular weight is 280 g/mol. The molecule has 0 aliphatic carbocycles. The number of hydrogen-bond donors (Lipinski definition) is 2. The number of nitrogens with one attached hydrogen (secondary N) is 1. The van der Waals surface area contributed by atoms with Crippen LogP contribution in [0.25, 0.3) is 0 Å². The number of aromatic hydroxyl groups is 1. The molecule has 0 amide bonds. The van der Waals surface area contributed by atoms with Crippen molar-refractivity contribution < 1.29 is 9.50 Å². The zero-order valence-electron chi connectivity index (χ0n) is 12.6. The van der Waals surface area contributed by atoms with Crippen molar-refractivity contribution in [1.82, 2.24) is 10.2 Å². The van der Waals surface area contributed by atoms with Crippen molar-refractivity contribution in [3.05, 3.63) is 29.6 Å². The van der Waals surface area contributed by atoms with Crippen LogP contribution in [0.2, 0.25) is 0 Å². The Morgan fingerprint density at radius 1 is 1.40 bits per heavy atom. The van der Waals surface area contributed by atoms with Gasteiger partial charge in [-0.05, 0) is 52.3 Å². The van der Waals surface area contributed by atoms with Crippen LogP contribution in [0.15, 0.2) is 18.2 Å². The standard InChI is InChI=1S/C16H25FN2O/c1-11(2)19-7-6-13(10-19)9-18-12(3)15-5-4-14(17)8-16(15)20/h4-5,8,11-13,18,20H,6-7,9-10H2,1-3H3. The maximum atomic E-state index is 13.0. The first-order valence-corrected chi connectivity index (χ1v) is 7.43. The van der Waals surface area contributed by atoms with Crippen LogP contribution in [0.3, 0.4) is 0 Å². The molecule has 1 aliphatic heterocycles. The normalized spacial score (nSPS) is 21.6. The predicted molar refractivity (Wildman–Crippen MR) is 79.3 cm³/mol. The van der Waals surface area contributed by atoms with E-state index in [0.717, 1.165) is 18.7 Å². The van der Waals surface area contributed by atoms with Gasteiger partial charge in [0.05, 0.1) is 0 Å². The molecule has 3 nitrogen and oxygen atoms in total. The lowest BCUT2D eigenvalue weighted by atomic mass is 10.0. The molecular formula is C16H25FN2O. The highest BCUT2D eigenvalue weighted by Gasteiger charge is 2.24. The first kappa shape index (κ1) is 15.3. The molecule has 0 saturated carbocycles. The predicted octanol–water partition coefficient (Wildman–Crippen LogP) is 2.91. The van der Waals surface area contributed by atoms with Gasteiger partial charge in [0.25, 0.3) is 0 Å². The topological polar surface area (TPSA) is 35.5 Å². The third-order valence-electron chi connectivity index (χ3n) is 4.22. The van der Waals surface area contributed by atoms with Gasteiger partial charge in [-0.25, -0.2) is 4.39 Å². The summed E-state index contributed by atoms with van der Waals surface area (Å²) in [5, 5.41) is 13.2. The van der Waals surface area contributed by atoms with Crippen LogP contribution in [-0.2, 0) is 0 Å². The molecule has 112 valence electrons. The van der Waals surface area contributed by atoms with Crippen LogP contribution in [0, 0.1) is 11.7 Å². The molecule has 0 aromatic heterocycles. The van der Waals surface area contributed by atoms with E-state index < -0.39 is 5.82 Å². The first-order chi connectivity index (χ1) is 9.47. The second-order valence-corrected chi connectivity index (χ2v) is 6.08. The summed E-state index contributed by atoms with van der Waals surface area (Å²) in [4.78, 5) is 2.49. The lowest BCUT2D eigenvalue weighted by molar-refractivity contribution is 0.263. The Morgan fingerprint density at radius 3 is 2.75 bits per heavy atom. The summed E-state index contributed by atoms with van der Waals surface area (Å²) in [5.74, 6) is 0.282. The molecule has 0 radical (unpaired) electrons. The fraction of sp³-hybridized carbons (Fsp3) is 0.625. The Kier molecular flexibility index (Phi) is 5.00. The largest absolute Gasteiger partial charge is 0.508 e. The summed E-state index contributed by atoms with van der Waals surface area (Å²) in [7, 11) is 0. The summed E-state index contributed by atoms with van der Waals surface area (Å²) in [6.45, 7) is 9.69. The smallest absolute Gasteiger partial charge is 0.126 e. The van der Waals surface area contributed by atoms with E-state index in [2.05, 4.69) is 24.1 Å². The van der Waals surface area contributed by atoms with Crippen molar-refractivity contribution in [1.29, 1.82) is 0 Å². The van der Waals surface area contributed by atoms with Gasteiger partial charge in [-0.3, -0.25) is 0 Å². The van der Waals surface area contributed by atoms with Gasteiger partial charge < -0.3 is 15.3 Å². The molecule has 1 saturated heterocycles. The summed E-state index contributed by atoms with van der Waals surface area (Å²) in [6, 6.07) is 4.85. The molecule has 4 heteroatoms. The zero-order valence-corrected chi connectivity index (χ0v) is 12.6. The summed E-state index contributed by atoms with van der Waals surface area (Å²) in [6.07, 6.45) is 1.22. The van der Waals surface area contributed by atoms with Gasteiger partial charge >= 0.3 is 0 Å². The van der Waals surface area contributed by atoms with Crippen molar-refractivity contribution in [3.63, 3.8) is 0 Å². The van der Waals surface area contributed by atoms with Gasteiger partial charge in [-0.15, -0.1) is 0 Å². The Morgan fingerprint density at radius 2 is 2.15 bits per heavy atom. The fourth-order valence-electron chi connectivity index (χ4n) is 2.83. The van der Waals surface area contributed by atoms with E-state index in [1.54, 1.807) is 6.07 Å². The van der Waals surface area contributed by atoms with Crippen LogP contribution in [0.4, 0.5) is 4.39 Å². The molecule has 2 rings (SSSR count). The van der Waals surface area contributed by atoms with Gasteiger partial charge in [0.15, 0.2) is 0 Å². The monoisotopic (exact) mass is 280 g/mol. The third kappa shape index (κ3) is 3.70. The van der Waals surface area contributed by atoms with Crippen molar-refractivity contribution in [2.45, 2.75) is 39.3 Å².